The van der Waals surface area contributed by atoms with Crippen LogP contribution < -0.4 is 21.7 Å². The minimum Gasteiger partial charge on any atom is -0.439 e. The number of benzene rings is 1. The molecule has 14 heteroatoms. The minimum atomic E-state index is -1.01. The summed E-state index contributed by atoms with van der Waals surface area (Å²) in [6, 6.07) is 6.86. The SMILES string of the molecule is CO[C@H]1/C=C\C=C(/C)C(=O)NC2=CC(=O)C(NCCCCCCNC(=O)c3ccccc3Cl)=C(C[C@@H](C)C[C@H](OC)[C@H](O)[C@@H](C)/C=C(\C)[C@@H]1OC(N)=O)C2=O. The minimum absolute atomic E-state index is 0.141. The van der Waals surface area contributed by atoms with Gasteiger partial charge in [0.1, 0.15) is 6.10 Å². The average molecular weight is 783 g/mol. The van der Waals surface area contributed by atoms with E-state index in [1.54, 1.807) is 63.3 Å². The summed E-state index contributed by atoms with van der Waals surface area (Å²) in [5.74, 6) is -2.44. The van der Waals surface area contributed by atoms with Gasteiger partial charge >= 0.3 is 6.09 Å². The molecule has 1 aromatic rings. The van der Waals surface area contributed by atoms with Crippen molar-refractivity contribution < 1.29 is 43.3 Å². The van der Waals surface area contributed by atoms with Crippen LogP contribution >= 0.6 is 11.6 Å². The number of ketones is 2. The molecule has 0 aromatic heterocycles. The smallest absolute Gasteiger partial charge is 0.405 e. The van der Waals surface area contributed by atoms with Crippen LogP contribution in [0.2, 0.25) is 5.02 Å². The van der Waals surface area contributed by atoms with E-state index in [2.05, 4.69) is 16.0 Å². The number of primary amides is 1. The summed E-state index contributed by atoms with van der Waals surface area (Å²) in [5.41, 5.74) is 6.89. The number of hydrogen-bond acceptors (Lipinski definition) is 10. The molecule has 3 rings (SSSR count). The highest BCUT2D eigenvalue weighted by atomic mass is 35.5. The highest BCUT2D eigenvalue weighted by Crippen LogP contribution is 2.29. The van der Waals surface area contributed by atoms with Crippen molar-refractivity contribution in [1.82, 2.24) is 16.0 Å². The van der Waals surface area contributed by atoms with Crippen LogP contribution in [0.5, 0.6) is 0 Å². The monoisotopic (exact) mass is 782 g/mol. The molecule has 55 heavy (non-hydrogen) atoms. The third-order valence-corrected chi connectivity index (χ3v) is 9.93. The standard InChI is InChI=1S/C41H55ClN4O9/c1-24-20-29-35(44-18-11-7-8-12-19-45-40(51)28-15-9-10-16-30(28)42)32(47)23-31(37(29)49)46-39(50)25(2)14-13-17-33(53-5)38(55-41(43)52)27(4)22-26(3)36(48)34(21-24)54-6/h9-10,13-17,22-24,26,33-34,36,38,44,48H,7-8,11-12,18-21H2,1-6H3,(H2,43,52)(H,45,51)(H,46,50)/b17-13-,25-14+,27-22+/t24-,26+,33+,34+,36-,38+/m1/s1. The van der Waals surface area contributed by atoms with Gasteiger partial charge in [-0.05, 0) is 63.2 Å². The Bertz CT molecular complexity index is 1720. The normalized spacial score (nSPS) is 26.8. The van der Waals surface area contributed by atoms with E-state index in [9.17, 15) is 29.1 Å². The first-order valence-electron chi connectivity index (χ1n) is 18.5. The van der Waals surface area contributed by atoms with Crippen LogP contribution in [0.3, 0.4) is 0 Å². The summed E-state index contributed by atoms with van der Waals surface area (Å²) in [7, 11) is 2.92. The van der Waals surface area contributed by atoms with Crippen molar-refractivity contribution >= 4 is 41.1 Å². The highest BCUT2D eigenvalue weighted by molar-refractivity contribution is 6.33. The third kappa shape index (κ3) is 13.3. The van der Waals surface area contributed by atoms with E-state index in [1.165, 1.54) is 20.3 Å². The quantitative estimate of drug-likeness (QED) is 0.109. The van der Waals surface area contributed by atoms with Crippen LogP contribution in [0.25, 0.3) is 0 Å². The number of amides is 3. The topological polar surface area (TPSA) is 195 Å². The van der Waals surface area contributed by atoms with Gasteiger partial charge in [0, 0.05) is 50.4 Å². The Balaban J connectivity index is 1.80. The summed E-state index contributed by atoms with van der Waals surface area (Å²) < 4.78 is 16.7. The number of hydrogen-bond donors (Lipinski definition) is 5. The number of fused-ring (bicyclic) bond motifs is 2. The lowest BCUT2D eigenvalue weighted by molar-refractivity contribution is -0.120. The first kappa shape index (κ1) is 44.8. The molecule has 3 amide bonds. The van der Waals surface area contributed by atoms with E-state index in [-0.39, 0.29) is 40.8 Å². The molecule has 0 radical (unpaired) electrons. The molecular formula is C41H55ClN4O9. The Hall–Kier alpha value is -4.56. The number of aliphatic hydroxyl groups is 1. The number of aliphatic hydroxyl groups excluding tert-OH is 1. The number of nitrogens with two attached hydrogens (primary N) is 1. The molecule has 0 saturated heterocycles. The second kappa shape index (κ2) is 22.1. The maximum absolute atomic E-state index is 13.9. The summed E-state index contributed by atoms with van der Waals surface area (Å²) in [6.07, 6.45) is 6.74. The molecule has 6 atom stereocenters. The first-order chi connectivity index (χ1) is 26.2. The number of carbonyl (C=O) groups is 5. The van der Waals surface area contributed by atoms with Gasteiger partial charge in [0.05, 0.1) is 34.2 Å². The average Bonchev–Trinajstić information content (AvgIpc) is 3.14. The van der Waals surface area contributed by atoms with E-state index >= 15 is 0 Å². The number of rotatable bonds is 12. The number of carbonyl (C=O) groups excluding carboxylic acids is 5. The molecule has 1 aliphatic carbocycles. The van der Waals surface area contributed by atoms with E-state index in [4.69, 9.17) is 31.5 Å². The van der Waals surface area contributed by atoms with E-state index < -0.39 is 53.9 Å². The Labute approximate surface area is 328 Å². The number of halogens is 1. The van der Waals surface area contributed by atoms with Crippen LogP contribution in [-0.4, -0.2) is 86.3 Å². The van der Waals surface area contributed by atoms with E-state index in [1.807, 2.05) is 6.92 Å². The van der Waals surface area contributed by atoms with Crippen LogP contribution in [0.4, 0.5) is 4.79 Å². The zero-order valence-corrected chi connectivity index (χ0v) is 33.2. The summed E-state index contributed by atoms with van der Waals surface area (Å²) in [4.78, 5) is 64.9. The lowest BCUT2D eigenvalue weighted by atomic mass is 9.85. The number of allylic oxidation sites excluding steroid dienone is 4. The molecule has 0 spiro atoms. The summed E-state index contributed by atoms with van der Waals surface area (Å²) in [6.45, 7) is 7.90. The first-order valence-corrected chi connectivity index (χ1v) is 18.9. The molecule has 1 aliphatic heterocycles. The molecular weight excluding hydrogens is 728 g/mol. The lowest BCUT2D eigenvalue weighted by Crippen LogP contribution is -2.38. The molecule has 2 bridgehead atoms. The van der Waals surface area contributed by atoms with Crippen molar-refractivity contribution in [2.75, 3.05) is 27.3 Å². The number of ether oxygens (including phenoxy) is 3. The van der Waals surface area contributed by atoms with Gasteiger partial charge in [0.15, 0.2) is 6.10 Å². The van der Waals surface area contributed by atoms with Gasteiger partial charge < -0.3 is 41.0 Å². The zero-order valence-electron chi connectivity index (χ0n) is 32.5. The summed E-state index contributed by atoms with van der Waals surface area (Å²) >= 11 is 6.11. The fraction of sp³-hybridized carbons (Fsp3) is 0.488. The van der Waals surface area contributed by atoms with Gasteiger partial charge in [-0.15, -0.1) is 0 Å². The number of Topliss-reactive ketones (excluding diaryl/α,β-unsaturated/α-hetero) is 1. The maximum Gasteiger partial charge on any atom is 0.405 e. The largest absolute Gasteiger partial charge is 0.439 e. The van der Waals surface area contributed by atoms with Gasteiger partial charge in [0.2, 0.25) is 11.6 Å². The van der Waals surface area contributed by atoms with Crippen molar-refractivity contribution in [3.63, 3.8) is 0 Å². The molecule has 1 aromatic carbocycles. The van der Waals surface area contributed by atoms with Gasteiger partial charge in [-0.1, -0.05) is 74.7 Å². The van der Waals surface area contributed by atoms with Crippen molar-refractivity contribution in [1.29, 1.82) is 0 Å². The second-order valence-electron chi connectivity index (χ2n) is 14.0. The Kier molecular flexibility index (Phi) is 18.0. The number of nitrogens with one attached hydrogen (secondary N) is 3. The molecule has 6 N–H and O–H groups in total. The summed E-state index contributed by atoms with van der Waals surface area (Å²) in [5, 5.41) is 20.5. The molecule has 0 fully saturated rings. The third-order valence-electron chi connectivity index (χ3n) is 9.60. The zero-order chi connectivity index (χ0) is 40.7. The molecule has 1 heterocycles. The van der Waals surface area contributed by atoms with Crippen LogP contribution in [0.1, 0.15) is 76.6 Å². The van der Waals surface area contributed by atoms with Crippen LogP contribution in [-0.2, 0) is 28.6 Å². The number of unbranched alkanes of at least 4 members (excludes halogenated alkanes) is 3. The van der Waals surface area contributed by atoms with Crippen LogP contribution in [0, 0.1) is 11.8 Å². The molecule has 13 nitrogen and oxygen atoms in total. The van der Waals surface area contributed by atoms with Crippen molar-refractivity contribution in [2.24, 2.45) is 17.6 Å². The van der Waals surface area contributed by atoms with Gasteiger partial charge in [0.25, 0.3) is 11.8 Å². The lowest BCUT2D eigenvalue weighted by Gasteiger charge is -2.30. The second-order valence-corrected chi connectivity index (χ2v) is 14.4. The maximum atomic E-state index is 13.9. The van der Waals surface area contributed by atoms with Crippen molar-refractivity contribution in [2.45, 2.75) is 90.6 Å². The van der Waals surface area contributed by atoms with Gasteiger partial charge in [-0.2, -0.15) is 0 Å². The van der Waals surface area contributed by atoms with Crippen LogP contribution in [0.15, 0.2) is 82.8 Å². The molecule has 0 unspecified atom stereocenters. The molecule has 2 aliphatic rings. The van der Waals surface area contributed by atoms with Crippen molar-refractivity contribution in [3.05, 3.63) is 93.3 Å². The predicted molar refractivity (Wildman–Crippen MR) is 210 cm³/mol. The predicted octanol–water partition coefficient (Wildman–Crippen LogP) is 5.00. The van der Waals surface area contributed by atoms with Gasteiger partial charge in [-0.25, -0.2) is 4.79 Å². The fourth-order valence-corrected chi connectivity index (χ4v) is 6.76. The van der Waals surface area contributed by atoms with E-state index in [0.29, 0.717) is 42.1 Å². The fourth-order valence-electron chi connectivity index (χ4n) is 6.54. The molecule has 300 valence electrons. The van der Waals surface area contributed by atoms with Gasteiger partial charge in [-0.3, -0.25) is 19.2 Å². The Morgan fingerprint density at radius 3 is 2.36 bits per heavy atom. The highest BCUT2D eigenvalue weighted by Gasteiger charge is 2.33. The van der Waals surface area contributed by atoms with E-state index in [0.717, 1.165) is 25.3 Å². The van der Waals surface area contributed by atoms with Crippen molar-refractivity contribution in [3.8, 4) is 0 Å². The Morgan fingerprint density at radius 2 is 1.71 bits per heavy atom. The number of methoxy groups -OCH3 is 2. The molecule has 0 saturated carbocycles. The Morgan fingerprint density at radius 1 is 1.02 bits per heavy atom.